The Hall–Kier alpha value is -1.69. The third kappa shape index (κ3) is 2.27. The van der Waals surface area contributed by atoms with Gasteiger partial charge in [-0.05, 0) is 38.1 Å². The lowest BCUT2D eigenvalue weighted by molar-refractivity contribution is 0.328. The van der Waals surface area contributed by atoms with Crippen molar-refractivity contribution >= 4 is 16.9 Å². The van der Waals surface area contributed by atoms with E-state index in [2.05, 4.69) is 25.3 Å². The van der Waals surface area contributed by atoms with Crippen molar-refractivity contribution in [3.05, 3.63) is 12.5 Å². The van der Waals surface area contributed by atoms with Gasteiger partial charge >= 0.3 is 0 Å². The predicted molar refractivity (Wildman–Crippen MR) is 82.3 cm³/mol. The molecule has 0 saturated carbocycles. The maximum Gasteiger partial charge on any atom is 0.163 e. The van der Waals surface area contributed by atoms with Gasteiger partial charge in [0, 0.05) is 26.2 Å². The maximum atomic E-state index is 4.55. The summed E-state index contributed by atoms with van der Waals surface area (Å²) in [4.78, 5) is 11.3. The fourth-order valence-corrected chi connectivity index (χ4v) is 3.85. The molecule has 0 radical (unpaired) electrons. The molecule has 6 heteroatoms. The van der Waals surface area contributed by atoms with Gasteiger partial charge in [-0.25, -0.2) is 9.97 Å². The highest BCUT2D eigenvalue weighted by Crippen LogP contribution is 2.30. The Morgan fingerprint density at radius 2 is 2.19 bits per heavy atom. The predicted octanol–water partition coefficient (Wildman–Crippen LogP) is 1.33. The van der Waals surface area contributed by atoms with Crippen LogP contribution in [0.1, 0.15) is 25.7 Å². The smallest absolute Gasteiger partial charge is 0.163 e. The minimum absolute atomic E-state index is 0.694. The molecule has 2 unspecified atom stereocenters. The zero-order chi connectivity index (χ0) is 14.2. The molecule has 4 heterocycles. The highest BCUT2D eigenvalue weighted by Gasteiger charge is 2.30. The minimum Gasteiger partial charge on any atom is -0.356 e. The second kappa shape index (κ2) is 5.26. The summed E-state index contributed by atoms with van der Waals surface area (Å²) < 4.78 is 1.82. The molecule has 6 nitrogen and oxygen atoms in total. The summed E-state index contributed by atoms with van der Waals surface area (Å²) in [5.41, 5.74) is 0.918. The van der Waals surface area contributed by atoms with Gasteiger partial charge in [0.15, 0.2) is 5.65 Å². The SMILES string of the molecule is Cn1ncc2c(N3CCCC(C4CCCN4)C3)ncnc21. The number of aryl methyl sites for hydroxylation is 1. The summed E-state index contributed by atoms with van der Waals surface area (Å²) in [6, 6.07) is 0.694. The first-order valence-electron chi connectivity index (χ1n) is 7.94. The molecule has 0 aromatic carbocycles. The average Bonchev–Trinajstić information content (AvgIpc) is 3.18. The van der Waals surface area contributed by atoms with Crippen molar-refractivity contribution in [2.24, 2.45) is 13.0 Å². The molecule has 2 atom stereocenters. The van der Waals surface area contributed by atoms with E-state index >= 15 is 0 Å². The van der Waals surface area contributed by atoms with E-state index in [1.54, 1.807) is 6.33 Å². The molecule has 2 fully saturated rings. The van der Waals surface area contributed by atoms with Crippen molar-refractivity contribution in [1.82, 2.24) is 25.1 Å². The Labute approximate surface area is 124 Å². The molecule has 2 aromatic rings. The number of nitrogens with one attached hydrogen (secondary N) is 1. The van der Waals surface area contributed by atoms with Crippen LogP contribution in [0.2, 0.25) is 0 Å². The van der Waals surface area contributed by atoms with E-state index in [0.717, 1.165) is 35.9 Å². The Balaban J connectivity index is 1.62. The van der Waals surface area contributed by atoms with Crippen molar-refractivity contribution < 1.29 is 0 Å². The van der Waals surface area contributed by atoms with Crippen LogP contribution in [-0.4, -0.2) is 45.4 Å². The van der Waals surface area contributed by atoms with E-state index in [1.807, 2.05) is 17.9 Å². The van der Waals surface area contributed by atoms with Crippen LogP contribution >= 0.6 is 0 Å². The quantitative estimate of drug-likeness (QED) is 0.902. The fraction of sp³-hybridized carbons (Fsp3) is 0.667. The normalized spacial score (nSPS) is 26.6. The van der Waals surface area contributed by atoms with Gasteiger partial charge in [-0.15, -0.1) is 0 Å². The van der Waals surface area contributed by atoms with E-state index < -0.39 is 0 Å². The van der Waals surface area contributed by atoms with Crippen LogP contribution in [0.25, 0.3) is 11.0 Å². The van der Waals surface area contributed by atoms with Crippen molar-refractivity contribution in [3.63, 3.8) is 0 Å². The zero-order valence-electron chi connectivity index (χ0n) is 12.5. The molecule has 2 saturated heterocycles. The van der Waals surface area contributed by atoms with Crippen LogP contribution in [0.4, 0.5) is 5.82 Å². The number of nitrogens with zero attached hydrogens (tertiary/aromatic N) is 5. The third-order valence-electron chi connectivity index (χ3n) is 4.93. The molecule has 1 N–H and O–H groups in total. The number of fused-ring (bicyclic) bond motifs is 1. The van der Waals surface area contributed by atoms with E-state index in [0.29, 0.717) is 6.04 Å². The van der Waals surface area contributed by atoms with Crippen molar-refractivity contribution in [2.45, 2.75) is 31.7 Å². The molecule has 4 rings (SSSR count). The van der Waals surface area contributed by atoms with Gasteiger partial charge in [-0.2, -0.15) is 5.10 Å². The molecule has 0 bridgehead atoms. The highest BCUT2D eigenvalue weighted by atomic mass is 15.3. The molecule has 21 heavy (non-hydrogen) atoms. The second-order valence-electron chi connectivity index (χ2n) is 6.25. The van der Waals surface area contributed by atoms with Gasteiger partial charge < -0.3 is 10.2 Å². The largest absolute Gasteiger partial charge is 0.356 e. The molecular formula is C15H22N6. The molecule has 0 amide bonds. The Morgan fingerprint density at radius 1 is 1.24 bits per heavy atom. The lowest BCUT2D eigenvalue weighted by Crippen LogP contribution is -2.43. The number of piperidine rings is 1. The van der Waals surface area contributed by atoms with E-state index in [9.17, 15) is 0 Å². The first-order valence-corrected chi connectivity index (χ1v) is 7.94. The van der Waals surface area contributed by atoms with Gasteiger partial charge in [0.2, 0.25) is 0 Å². The molecule has 112 valence electrons. The molecule has 0 spiro atoms. The van der Waals surface area contributed by atoms with E-state index in [4.69, 9.17) is 0 Å². The Morgan fingerprint density at radius 3 is 3.05 bits per heavy atom. The molecule has 2 aliphatic heterocycles. The summed E-state index contributed by atoms with van der Waals surface area (Å²) in [5.74, 6) is 1.79. The van der Waals surface area contributed by atoms with Gasteiger partial charge in [-0.3, -0.25) is 4.68 Å². The summed E-state index contributed by atoms with van der Waals surface area (Å²) in [6.45, 7) is 3.37. The molecule has 2 aromatic heterocycles. The lowest BCUT2D eigenvalue weighted by atomic mass is 9.90. The summed E-state index contributed by atoms with van der Waals surface area (Å²) in [5, 5.41) is 9.06. The van der Waals surface area contributed by atoms with Gasteiger partial charge in [0.25, 0.3) is 0 Å². The third-order valence-corrected chi connectivity index (χ3v) is 4.93. The van der Waals surface area contributed by atoms with Gasteiger partial charge in [0.1, 0.15) is 12.1 Å². The number of hydrogen-bond donors (Lipinski definition) is 1. The summed E-state index contributed by atoms with van der Waals surface area (Å²) in [7, 11) is 1.93. The van der Waals surface area contributed by atoms with Crippen molar-refractivity contribution in [2.75, 3.05) is 24.5 Å². The summed E-state index contributed by atoms with van der Waals surface area (Å²) in [6.07, 6.45) is 8.77. The topological polar surface area (TPSA) is 58.9 Å². The maximum absolute atomic E-state index is 4.55. The van der Waals surface area contributed by atoms with Crippen LogP contribution in [0.5, 0.6) is 0 Å². The number of aromatic nitrogens is 4. The average molecular weight is 286 g/mol. The minimum atomic E-state index is 0.694. The Kier molecular flexibility index (Phi) is 3.25. The van der Waals surface area contributed by atoms with Crippen LogP contribution in [0.3, 0.4) is 0 Å². The lowest BCUT2D eigenvalue weighted by Gasteiger charge is -2.36. The number of anilines is 1. The monoisotopic (exact) mass is 286 g/mol. The van der Waals surface area contributed by atoms with Crippen LogP contribution in [0.15, 0.2) is 12.5 Å². The Bertz CT molecular complexity index is 630. The second-order valence-corrected chi connectivity index (χ2v) is 6.25. The zero-order valence-corrected chi connectivity index (χ0v) is 12.5. The first kappa shape index (κ1) is 13.0. The van der Waals surface area contributed by atoms with Crippen LogP contribution in [0, 0.1) is 5.92 Å². The van der Waals surface area contributed by atoms with Crippen LogP contribution in [-0.2, 0) is 7.05 Å². The fourth-order valence-electron chi connectivity index (χ4n) is 3.85. The van der Waals surface area contributed by atoms with Gasteiger partial charge in [0.05, 0.1) is 11.6 Å². The molecule has 2 aliphatic rings. The number of hydrogen-bond acceptors (Lipinski definition) is 5. The summed E-state index contributed by atoms with van der Waals surface area (Å²) >= 11 is 0. The number of rotatable bonds is 2. The van der Waals surface area contributed by atoms with Gasteiger partial charge in [-0.1, -0.05) is 0 Å². The highest BCUT2D eigenvalue weighted by molar-refractivity contribution is 5.86. The van der Waals surface area contributed by atoms with Crippen molar-refractivity contribution in [3.8, 4) is 0 Å². The first-order chi connectivity index (χ1) is 10.3. The van der Waals surface area contributed by atoms with E-state index in [-0.39, 0.29) is 0 Å². The standard InChI is InChI=1S/C15H22N6/c1-20-14-12(8-19-20)15(18-10-17-14)21-7-3-4-11(9-21)13-5-2-6-16-13/h8,10-11,13,16H,2-7,9H2,1H3. The molecular weight excluding hydrogens is 264 g/mol. The van der Waals surface area contributed by atoms with E-state index in [1.165, 1.54) is 32.2 Å². The van der Waals surface area contributed by atoms with Crippen molar-refractivity contribution in [1.29, 1.82) is 0 Å². The van der Waals surface area contributed by atoms with Crippen LogP contribution < -0.4 is 10.2 Å². The molecule has 0 aliphatic carbocycles.